The van der Waals surface area contributed by atoms with Crippen molar-refractivity contribution in [1.29, 1.82) is 0 Å². The maximum atomic E-state index is 15.1. The number of carbonyl (C=O) groups is 3. The average Bonchev–Trinajstić information content (AvgIpc) is 3.52. The normalized spacial score (nSPS) is 21.3. The van der Waals surface area contributed by atoms with Crippen molar-refractivity contribution >= 4 is 29.1 Å². The second kappa shape index (κ2) is 14.0. The summed E-state index contributed by atoms with van der Waals surface area (Å²) in [5.41, 5.74) is -3.20. The average molecular weight is 716 g/mol. The molecule has 1 unspecified atom stereocenters. The zero-order valence-corrected chi connectivity index (χ0v) is 26.9. The fraction of sp³-hybridized carbons (Fsp3) is 0.455. The Bertz CT molecular complexity index is 1710. The van der Waals surface area contributed by atoms with Gasteiger partial charge in [-0.3, -0.25) is 19.4 Å². The molecule has 0 aliphatic carbocycles. The number of amides is 2. The number of thiophene rings is 1. The number of fused-ring (bicyclic) bond motifs is 1. The zero-order valence-electron chi connectivity index (χ0n) is 26.1. The third-order valence-corrected chi connectivity index (χ3v) is 9.83. The van der Waals surface area contributed by atoms with E-state index in [1.54, 1.807) is 6.92 Å². The van der Waals surface area contributed by atoms with Gasteiger partial charge in [-0.2, -0.15) is 26.3 Å². The van der Waals surface area contributed by atoms with Gasteiger partial charge in [0, 0.05) is 49.6 Å². The lowest BCUT2D eigenvalue weighted by Crippen LogP contribution is -2.69. The lowest BCUT2D eigenvalue weighted by molar-refractivity contribution is -0.163. The van der Waals surface area contributed by atoms with Crippen LogP contribution in [-0.4, -0.2) is 61.9 Å². The number of hydrogen-bond donors (Lipinski definition) is 1. The monoisotopic (exact) mass is 715 g/mol. The largest absolute Gasteiger partial charge is 0.481 e. The van der Waals surface area contributed by atoms with Crippen LogP contribution in [0.25, 0.3) is 0 Å². The Morgan fingerprint density at radius 1 is 1.04 bits per heavy atom. The van der Waals surface area contributed by atoms with Gasteiger partial charge in [-0.15, -0.1) is 11.3 Å². The fourth-order valence-corrected chi connectivity index (χ4v) is 7.40. The van der Waals surface area contributed by atoms with Gasteiger partial charge in [-0.25, -0.2) is 4.39 Å². The number of carbonyl (C=O) groups excluding carboxylic acids is 2. The number of ether oxygens (including phenoxy) is 1. The quantitative estimate of drug-likeness (QED) is 0.233. The van der Waals surface area contributed by atoms with E-state index in [1.165, 1.54) is 23.1 Å². The molecule has 2 aliphatic heterocycles. The maximum absolute atomic E-state index is 15.1. The molecule has 1 fully saturated rings. The number of aromatic nitrogens is 1. The summed E-state index contributed by atoms with van der Waals surface area (Å²) in [4.78, 5) is 45.8. The number of piperidine rings is 1. The summed E-state index contributed by atoms with van der Waals surface area (Å²) in [7, 11) is 0. The standard InChI is InChI=1S/C33H32F7N3O5S/c1-2-5-25-31(48-23-16-26(49-18-23)33(38,39)40,11-4-13-42(25)29(46)28-24(32(35,36)37)6-3-12-41-28)30(47)43-17-19-7-8-21(34)14-20(19)15-22(43)9-10-27(44)45/h3,6-8,12,14,16,18,22,25H,2,4-5,9-11,13,15,17H2,1H3,(H,44,45)/t22-,25+,31?/m0/s1. The smallest absolute Gasteiger partial charge is 0.425 e. The van der Waals surface area contributed by atoms with Crippen molar-refractivity contribution in [1.82, 2.24) is 14.8 Å². The molecule has 1 saturated heterocycles. The molecule has 2 aromatic heterocycles. The lowest BCUT2D eigenvalue weighted by atomic mass is 9.78. The Morgan fingerprint density at radius 2 is 1.80 bits per heavy atom. The van der Waals surface area contributed by atoms with E-state index < -0.39 is 69.8 Å². The topological polar surface area (TPSA) is 100 Å². The van der Waals surface area contributed by atoms with Gasteiger partial charge in [-0.05, 0) is 61.1 Å². The SMILES string of the molecule is CCC[C@H]1N(C(=O)c2ncccc2C(F)(F)F)CCCC1(Oc1csc(C(F)(F)F)c1)C(=O)N1Cc2ccc(F)cc2C[C@@H]1CCC(=O)O. The van der Waals surface area contributed by atoms with E-state index in [9.17, 15) is 45.4 Å². The number of pyridine rings is 1. The number of alkyl halides is 6. The Morgan fingerprint density at radius 3 is 2.45 bits per heavy atom. The molecule has 2 amide bonds. The summed E-state index contributed by atoms with van der Waals surface area (Å²) in [6, 6.07) is 4.34. The molecule has 1 N–H and O–H groups in total. The lowest BCUT2D eigenvalue weighted by Gasteiger charge is -2.51. The number of likely N-dealkylation sites (tertiary alicyclic amines) is 1. The van der Waals surface area contributed by atoms with Crippen LogP contribution in [0.2, 0.25) is 0 Å². The van der Waals surface area contributed by atoms with Crippen LogP contribution in [-0.2, 0) is 34.9 Å². The van der Waals surface area contributed by atoms with Gasteiger partial charge in [0.05, 0.1) is 11.6 Å². The summed E-state index contributed by atoms with van der Waals surface area (Å²) in [5.74, 6) is -3.92. The van der Waals surface area contributed by atoms with Crippen LogP contribution in [0.4, 0.5) is 30.7 Å². The molecule has 0 bridgehead atoms. The highest BCUT2D eigenvalue weighted by molar-refractivity contribution is 7.10. The number of nitrogens with zero attached hydrogens (tertiary/aromatic N) is 3. The van der Waals surface area contributed by atoms with Crippen LogP contribution in [0.15, 0.2) is 48.0 Å². The molecule has 0 spiro atoms. The molecule has 0 saturated carbocycles. The molecule has 4 heterocycles. The first kappa shape index (κ1) is 36.1. The van der Waals surface area contributed by atoms with Gasteiger partial charge >= 0.3 is 18.3 Å². The van der Waals surface area contributed by atoms with Crippen molar-refractivity contribution in [2.75, 3.05) is 6.54 Å². The van der Waals surface area contributed by atoms with E-state index in [4.69, 9.17) is 4.74 Å². The van der Waals surface area contributed by atoms with E-state index in [2.05, 4.69) is 4.98 Å². The number of halogens is 7. The van der Waals surface area contributed by atoms with Crippen LogP contribution in [0, 0.1) is 5.82 Å². The van der Waals surface area contributed by atoms with Gasteiger partial charge in [0.25, 0.3) is 11.8 Å². The van der Waals surface area contributed by atoms with Crippen molar-refractivity contribution in [2.45, 2.75) is 88.5 Å². The minimum absolute atomic E-state index is 0.0113. The summed E-state index contributed by atoms with van der Waals surface area (Å²) in [6.45, 7) is 1.48. The molecular weight excluding hydrogens is 683 g/mol. The highest BCUT2D eigenvalue weighted by atomic mass is 32.1. The predicted octanol–water partition coefficient (Wildman–Crippen LogP) is 7.36. The van der Waals surface area contributed by atoms with Crippen molar-refractivity contribution in [3.63, 3.8) is 0 Å². The Balaban J connectivity index is 1.64. The third kappa shape index (κ3) is 7.53. The minimum Gasteiger partial charge on any atom is -0.481 e. The summed E-state index contributed by atoms with van der Waals surface area (Å²) in [5, 5.41) is 10.5. The molecule has 2 aliphatic rings. The van der Waals surface area contributed by atoms with Crippen LogP contribution in [0.5, 0.6) is 5.75 Å². The van der Waals surface area contributed by atoms with E-state index in [-0.39, 0.29) is 57.4 Å². The molecule has 5 rings (SSSR count). The first-order valence-electron chi connectivity index (χ1n) is 15.5. The number of carboxylic acid groups (broad SMARTS) is 1. The Kier molecular flexibility index (Phi) is 10.3. The number of carboxylic acids is 1. The van der Waals surface area contributed by atoms with Crippen LogP contribution < -0.4 is 4.74 Å². The number of rotatable bonds is 9. The van der Waals surface area contributed by atoms with Gasteiger partial charge in [0.1, 0.15) is 22.1 Å². The maximum Gasteiger partial charge on any atom is 0.425 e. The van der Waals surface area contributed by atoms with Gasteiger partial charge in [0.2, 0.25) is 5.60 Å². The first-order valence-corrected chi connectivity index (χ1v) is 16.4. The summed E-state index contributed by atoms with van der Waals surface area (Å²) >= 11 is 0.327. The third-order valence-electron chi connectivity index (χ3n) is 8.87. The summed E-state index contributed by atoms with van der Waals surface area (Å²) in [6.07, 6.45) is -8.81. The van der Waals surface area contributed by atoms with Gasteiger partial charge < -0.3 is 19.6 Å². The van der Waals surface area contributed by atoms with Crippen molar-refractivity contribution in [3.05, 3.63) is 81.1 Å². The Labute approximate surface area is 280 Å². The van der Waals surface area contributed by atoms with E-state index in [0.29, 0.717) is 35.0 Å². The van der Waals surface area contributed by atoms with Crippen LogP contribution in [0.3, 0.4) is 0 Å². The van der Waals surface area contributed by atoms with Gasteiger partial charge in [0.15, 0.2) is 0 Å². The fourth-order valence-electron chi connectivity index (χ4n) is 6.72. The number of aliphatic carboxylic acids is 1. The van der Waals surface area contributed by atoms with Crippen LogP contribution >= 0.6 is 11.3 Å². The number of benzene rings is 1. The molecule has 3 atom stereocenters. The first-order chi connectivity index (χ1) is 23.0. The van der Waals surface area contributed by atoms with E-state index in [1.807, 2.05) is 0 Å². The summed E-state index contributed by atoms with van der Waals surface area (Å²) < 4.78 is 103. The number of hydrogen-bond acceptors (Lipinski definition) is 6. The van der Waals surface area contributed by atoms with Crippen molar-refractivity contribution in [2.24, 2.45) is 0 Å². The van der Waals surface area contributed by atoms with Crippen LogP contribution in [0.1, 0.15) is 77.5 Å². The van der Waals surface area contributed by atoms with Crippen molar-refractivity contribution < 1.29 is 55.0 Å². The van der Waals surface area contributed by atoms with Gasteiger partial charge in [-0.1, -0.05) is 19.4 Å². The molecule has 16 heteroatoms. The molecule has 1 aromatic carbocycles. The molecule has 264 valence electrons. The predicted molar refractivity (Wildman–Crippen MR) is 162 cm³/mol. The second-order valence-corrected chi connectivity index (χ2v) is 13.0. The highest BCUT2D eigenvalue weighted by Gasteiger charge is 2.57. The zero-order chi connectivity index (χ0) is 35.7. The molecule has 0 radical (unpaired) electrons. The Hall–Kier alpha value is -4.21. The van der Waals surface area contributed by atoms with E-state index in [0.717, 1.165) is 28.6 Å². The van der Waals surface area contributed by atoms with Crippen molar-refractivity contribution in [3.8, 4) is 5.75 Å². The molecular formula is C33H32F7N3O5S. The minimum atomic E-state index is -4.94. The highest BCUT2D eigenvalue weighted by Crippen LogP contribution is 2.43. The van der Waals surface area contributed by atoms with E-state index >= 15 is 4.79 Å². The molecule has 3 aromatic rings. The second-order valence-electron chi connectivity index (χ2n) is 12.1. The molecule has 49 heavy (non-hydrogen) atoms. The molecule has 8 nitrogen and oxygen atoms in total.